The molecule has 1 aliphatic heterocycles. The van der Waals surface area contributed by atoms with Crippen molar-refractivity contribution in [3.05, 3.63) is 23.8 Å². The van der Waals surface area contributed by atoms with Gasteiger partial charge >= 0.3 is 6.18 Å². The fourth-order valence-electron chi connectivity index (χ4n) is 1.94. The number of ether oxygens (including phenoxy) is 1. The summed E-state index contributed by atoms with van der Waals surface area (Å²) in [5.41, 5.74) is 0.676. The van der Waals surface area contributed by atoms with E-state index in [1.54, 1.807) is 6.07 Å². The minimum Gasteiger partial charge on any atom is -0.508 e. The van der Waals surface area contributed by atoms with E-state index in [2.05, 4.69) is 0 Å². The van der Waals surface area contributed by atoms with Crippen LogP contribution in [0.3, 0.4) is 0 Å². The summed E-state index contributed by atoms with van der Waals surface area (Å²) >= 11 is 0. The number of alkyl halides is 3. The molecule has 1 N–H and O–H groups in total. The lowest BCUT2D eigenvalue weighted by Gasteiger charge is -2.24. The maximum Gasteiger partial charge on any atom is 0.401 e. The lowest BCUT2D eigenvalue weighted by atomic mass is 10.1. The Morgan fingerprint density at radius 3 is 2.82 bits per heavy atom. The summed E-state index contributed by atoms with van der Waals surface area (Å²) < 4.78 is 42.1. The van der Waals surface area contributed by atoms with Crippen molar-refractivity contribution in [1.82, 2.24) is 4.90 Å². The molecule has 17 heavy (non-hydrogen) atoms. The van der Waals surface area contributed by atoms with Gasteiger partial charge in [0.15, 0.2) is 0 Å². The summed E-state index contributed by atoms with van der Waals surface area (Å²) in [7, 11) is 1.41. The van der Waals surface area contributed by atoms with Crippen LogP contribution in [0.5, 0.6) is 11.5 Å². The summed E-state index contributed by atoms with van der Waals surface area (Å²) in [4.78, 5) is 1.20. The molecule has 1 aromatic carbocycles. The third-order valence-electron chi connectivity index (χ3n) is 2.71. The molecule has 1 unspecified atom stereocenters. The first kappa shape index (κ1) is 12.0. The fraction of sp³-hybridized carbons (Fsp3) is 0.455. The molecule has 0 spiro atoms. The van der Waals surface area contributed by atoms with Gasteiger partial charge in [0.25, 0.3) is 0 Å². The molecule has 1 atom stereocenters. The maximum atomic E-state index is 12.3. The van der Waals surface area contributed by atoms with Crippen LogP contribution in [0.4, 0.5) is 13.2 Å². The number of phenolic OH excluding ortho intramolecular Hbond substituents is 1. The molecule has 0 amide bonds. The molecule has 0 aliphatic carbocycles. The maximum absolute atomic E-state index is 12.3. The van der Waals surface area contributed by atoms with Crippen molar-refractivity contribution in [1.29, 1.82) is 0 Å². The molecule has 6 heteroatoms. The van der Waals surface area contributed by atoms with Gasteiger partial charge in [-0.3, -0.25) is 4.90 Å². The van der Waals surface area contributed by atoms with E-state index in [1.807, 2.05) is 0 Å². The van der Waals surface area contributed by atoms with Crippen LogP contribution in [-0.4, -0.2) is 36.4 Å². The van der Waals surface area contributed by atoms with Crippen molar-refractivity contribution in [2.45, 2.75) is 12.2 Å². The minimum absolute atomic E-state index is 0.0443. The Morgan fingerprint density at radius 2 is 2.18 bits per heavy atom. The lowest BCUT2D eigenvalue weighted by Crippen LogP contribution is -2.34. The average Bonchev–Trinajstić information content (AvgIpc) is 2.57. The average molecular weight is 247 g/mol. The predicted molar refractivity (Wildman–Crippen MR) is 55.0 cm³/mol. The monoisotopic (exact) mass is 247 g/mol. The van der Waals surface area contributed by atoms with E-state index >= 15 is 0 Å². The van der Waals surface area contributed by atoms with E-state index in [0.29, 0.717) is 11.3 Å². The number of rotatable bonds is 2. The Morgan fingerprint density at radius 1 is 1.47 bits per heavy atom. The van der Waals surface area contributed by atoms with E-state index in [1.165, 1.54) is 24.1 Å². The molecule has 0 aromatic heterocycles. The zero-order valence-corrected chi connectivity index (χ0v) is 9.16. The Balaban J connectivity index is 2.16. The number of phenols is 1. The number of aromatic hydroxyl groups is 1. The molecule has 1 heterocycles. The van der Waals surface area contributed by atoms with Crippen LogP contribution >= 0.6 is 0 Å². The Kier molecular flexibility index (Phi) is 2.91. The second-order valence-corrected chi connectivity index (χ2v) is 4.08. The topological polar surface area (TPSA) is 32.7 Å². The standard InChI is InChI=1S/C11H12F3NO2/c1-15(6-11(12,13)14)9-5-17-10-4-7(16)2-3-8(9)10/h2-4,9,16H,5-6H2,1H3. The number of hydrogen-bond donors (Lipinski definition) is 1. The quantitative estimate of drug-likeness (QED) is 0.870. The Bertz CT molecular complexity index is 420. The molecule has 1 aliphatic rings. The van der Waals surface area contributed by atoms with E-state index in [-0.39, 0.29) is 12.4 Å². The molecule has 94 valence electrons. The summed E-state index contributed by atoms with van der Waals surface area (Å²) in [5.74, 6) is 0.492. The van der Waals surface area contributed by atoms with Crippen LogP contribution in [0.25, 0.3) is 0 Å². The number of halogens is 3. The number of hydrogen-bond acceptors (Lipinski definition) is 3. The van der Waals surface area contributed by atoms with Crippen LogP contribution in [-0.2, 0) is 0 Å². The van der Waals surface area contributed by atoms with Crippen LogP contribution in [0.15, 0.2) is 18.2 Å². The number of fused-ring (bicyclic) bond motifs is 1. The minimum atomic E-state index is -4.23. The zero-order chi connectivity index (χ0) is 12.6. The molecule has 0 bridgehead atoms. The van der Waals surface area contributed by atoms with E-state index in [0.717, 1.165) is 0 Å². The number of nitrogens with zero attached hydrogens (tertiary/aromatic N) is 1. The summed E-state index contributed by atoms with van der Waals surface area (Å²) in [6.07, 6.45) is -4.23. The first-order valence-corrected chi connectivity index (χ1v) is 5.09. The van der Waals surface area contributed by atoms with Crippen molar-refractivity contribution in [3.63, 3.8) is 0 Å². The fourth-order valence-corrected chi connectivity index (χ4v) is 1.94. The SMILES string of the molecule is CN(CC(F)(F)F)C1COc2cc(O)ccc21. The first-order chi connectivity index (χ1) is 7.87. The Labute approximate surface area is 96.4 Å². The van der Waals surface area contributed by atoms with Crippen molar-refractivity contribution >= 4 is 0 Å². The van der Waals surface area contributed by atoms with Gasteiger partial charge in [-0.1, -0.05) is 0 Å². The third-order valence-corrected chi connectivity index (χ3v) is 2.71. The summed E-state index contributed by atoms with van der Waals surface area (Å²) in [6.45, 7) is -0.813. The van der Waals surface area contributed by atoms with E-state index < -0.39 is 18.8 Å². The Hall–Kier alpha value is -1.43. The van der Waals surface area contributed by atoms with Crippen molar-refractivity contribution < 1.29 is 23.0 Å². The predicted octanol–water partition coefficient (Wildman–Crippen LogP) is 2.32. The van der Waals surface area contributed by atoms with Crippen LogP contribution in [0.1, 0.15) is 11.6 Å². The highest BCUT2D eigenvalue weighted by Crippen LogP contribution is 2.38. The molecule has 3 nitrogen and oxygen atoms in total. The normalized spacial score (nSPS) is 19.2. The van der Waals surface area contributed by atoms with Gasteiger partial charge in [0, 0.05) is 11.6 Å². The zero-order valence-electron chi connectivity index (χ0n) is 9.16. The summed E-state index contributed by atoms with van der Waals surface area (Å²) in [6, 6.07) is 4.03. The highest BCUT2D eigenvalue weighted by atomic mass is 19.4. The molecule has 2 rings (SSSR count). The van der Waals surface area contributed by atoms with Gasteiger partial charge in [-0.2, -0.15) is 13.2 Å². The molecule has 0 saturated heterocycles. The lowest BCUT2D eigenvalue weighted by molar-refractivity contribution is -0.148. The molecule has 1 aromatic rings. The second kappa shape index (κ2) is 4.10. The highest BCUT2D eigenvalue weighted by molar-refractivity contribution is 5.44. The van der Waals surface area contributed by atoms with Gasteiger partial charge in [0.05, 0.1) is 12.6 Å². The largest absolute Gasteiger partial charge is 0.508 e. The molecule has 0 radical (unpaired) electrons. The molecule has 0 fully saturated rings. The van der Waals surface area contributed by atoms with Crippen molar-refractivity contribution in [2.24, 2.45) is 0 Å². The number of likely N-dealkylation sites (N-methyl/N-ethyl adjacent to an activating group) is 1. The van der Waals surface area contributed by atoms with E-state index in [9.17, 15) is 18.3 Å². The van der Waals surface area contributed by atoms with Gasteiger partial charge in [0.2, 0.25) is 0 Å². The molecule has 0 saturated carbocycles. The van der Waals surface area contributed by atoms with Crippen LogP contribution < -0.4 is 4.74 Å². The van der Waals surface area contributed by atoms with Gasteiger partial charge in [-0.25, -0.2) is 0 Å². The second-order valence-electron chi connectivity index (χ2n) is 4.08. The van der Waals surface area contributed by atoms with Crippen LogP contribution in [0.2, 0.25) is 0 Å². The van der Waals surface area contributed by atoms with Gasteiger partial charge in [0.1, 0.15) is 18.1 Å². The third kappa shape index (κ3) is 2.63. The van der Waals surface area contributed by atoms with Gasteiger partial charge < -0.3 is 9.84 Å². The first-order valence-electron chi connectivity index (χ1n) is 5.09. The van der Waals surface area contributed by atoms with Crippen LogP contribution in [0, 0.1) is 0 Å². The highest BCUT2D eigenvalue weighted by Gasteiger charge is 2.35. The van der Waals surface area contributed by atoms with E-state index in [4.69, 9.17) is 4.74 Å². The molecular formula is C11H12F3NO2. The number of benzene rings is 1. The van der Waals surface area contributed by atoms with Gasteiger partial charge in [-0.15, -0.1) is 0 Å². The van der Waals surface area contributed by atoms with Crippen molar-refractivity contribution in [2.75, 3.05) is 20.2 Å². The summed E-state index contributed by atoms with van der Waals surface area (Å²) in [5, 5.41) is 9.23. The smallest absolute Gasteiger partial charge is 0.401 e. The van der Waals surface area contributed by atoms with Gasteiger partial charge in [-0.05, 0) is 19.2 Å². The molecular weight excluding hydrogens is 235 g/mol. The van der Waals surface area contributed by atoms with Crippen molar-refractivity contribution in [3.8, 4) is 11.5 Å².